The first-order chi connectivity index (χ1) is 10.8. The quantitative estimate of drug-likeness (QED) is 0.729. The van der Waals surface area contributed by atoms with Crippen LogP contribution in [0.5, 0.6) is 0 Å². The van der Waals surface area contributed by atoms with E-state index in [1.807, 2.05) is 44.4 Å². The number of likely N-dealkylation sites (tertiary alicyclic amines) is 1. The van der Waals surface area contributed by atoms with Crippen LogP contribution in [0.15, 0.2) is 0 Å². The Morgan fingerprint density at radius 3 is 2.48 bits per heavy atom. The standard InChI is InChI=1S/C17H33N3O3/c1-6-19(7-2)15(21)10-11-18-13-14-9-8-12-20(14)16(22)23-17(3,4)5/h14,18H,6-13H2,1-5H3. The lowest BCUT2D eigenvalue weighted by molar-refractivity contribution is -0.130. The number of carbonyl (C=O) groups is 2. The van der Waals surface area contributed by atoms with Crippen LogP contribution in [0.2, 0.25) is 0 Å². The minimum Gasteiger partial charge on any atom is -0.444 e. The molecule has 134 valence electrons. The number of hydrogen-bond acceptors (Lipinski definition) is 4. The van der Waals surface area contributed by atoms with Crippen molar-refractivity contribution in [2.24, 2.45) is 0 Å². The van der Waals surface area contributed by atoms with Crippen molar-refractivity contribution < 1.29 is 14.3 Å². The normalized spacial score (nSPS) is 18.1. The molecule has 1 aliphatic heterocycles. The van der Waals surface area contributed by atoms with Gasteiger partial charge < -0.3 is 19.9 Å². The fourth-order valence-electron chi connectivity index (χ4n) is 2.81. The molecule has 0 bridgehead atoms. The Bertz CT molecular complexity index is 389. The van der Waals surface area contributed by atoms with Gasteiger partial charge in [-0.1, -0.05) is 0 Å². The Balaban J connectivity index is 2.33. The minimum atomic E-state index is -0.464. The van der Waals surface area contributed by atoms with Gasteiger partial charge in [-0.3, -0.25) is 4.79 Å². The molecule has 0 aromatic rings. The maximum atomic E-state index is 12.2. The van der Waals surface area contributed by atoms with Crippen molar-refractivity contribution in [3.63, 3.8) is 0 Å². The zero-order valence-corrected chi connectivity index (χ0v) is 15.4. The number of amides is 2. The van der Waals surface area contributed by atoms with Gasteiger partial charge in [0.05, 0.1) is 0 Å². The van der Waals surface area contributed by atoms with E-state index in [-0.39, 0.29) is 18.0 Å². The zero-order valence-electron chi connectivity index (χ0n) is 15.4. The second-order valence-corrected chi connectivity index (χ2v) is 6.99. The largest absolute Gasteiger partial charge is 0.444 e. The Morgan fingerprint density at radius 1 is 1.26 bits per heavy atom. The first-order valence-corrected chi connectivity index (χ1v) is 8.76. The fraction of sp³-hybridized carbons (Fsp3) is 0.882. The Labute approximate surface area is 140 Å². The molecule has 1 heterocycles. The van der Waals surface area contributed by atoms with Gasteiger partial charge in [-0.25, -0.2) is 4.79 Å². The SMILES string of the molecule is CCN(CC)C(=O)CCNCC1CCCN1C(=O)OC(C)(C)C. The maximum absolute atomic E-state index is 12.2. The molecule has 0 radical (unpaired) electrons. The summed E-state index contributed by atoms with van der Waals surface area (Å²) in [6, 6.07) is 0.161. The van der Waals surface area contributed by atoms with E-state index in [9.17, 15) is 9.59 Å². The lowest BCUT2D eigenvalue weighted by Crippen LogP contribution is -2.44. The highest BCUT2D eigenvalue weighted by Gasteiger charge is 2.31. The van der Waals surface area contributed by atoms with Gasteiger partial charge in [-0.2, -0.15) is 0 Å². The van der Waals surface area contributed by atoms with Crippen molar-refractivity contribution in [2.75, 3.05) is 32.7 Å². The van der Waals surface area contributed by atoms with Crippen LogP contribution in [0.1, 0.15) is 53.9 Å². The highest BCUT2D eigenvalue weighted by molar-refractivity contribution is 5.76. The number of nitrogens with zero attached hydrogens (tertiary/aromatic N) is 2. The molecule has 23 heavy (non-hydrogen) atoms. The summed E-state index contributed by atoms with van der Waals surface area (Å²) in [6.07, 6.45) is 2.25. The van der Waals surface area contributed by atoms with E-state index in [4.69, 9.17) is 4.74 Å². The Kier molecular flexibility index (Phi) is 7.82. The molecule has 0 aliphatic carbocycles. The minimum absolute atomic E-state index is 0.161. The molecule has 1 atom stereocenters. The van der Waals surface area contributed by atoms with Gasteiger partial charge in [0.25, 0.3) is 0 Å². The maximum Gasteiger partial charge on any atom is 0.410 e. The molecule has 6 nitrogen and oxygen atoms in total. The number of ether oxygens (including phenoxy) is 1. The molecule has 1 saturated heterocycles. The Morgan fingerprint density at radius 2 is 1.91 bits per heavy atom. The van der Waals surface area contributed by atoms with Gasteiger partial charge in [-0.05, 0) is 47.5 Å². The number of rotatable bonds is 7. The second kappa shape index (κ2) is 9.11. The van der Waals surface area contributed by atoms with Gasteiger partial charge in [0.15, 0.2) is 0 Å². The summed E-state index contributed by atoms with van der Waals surface area (Å²) in [6.45, 7) is 13.2. The zero-order chi connectivity index (χ0) is 17.5. The molecule has 0 saturated carbocycles. The lowest BCUT2D eigenvalue weighted by atomic mass is 10.2. The van der Waals surface area contributed by atoms with E-state index >= 15 is 0 Å². The summed E-state index contributed by atoms with van der Waals surface area (Å²) in [5.74, 6) is 0.179. The molecule has 0 aromatic heterocycles. The molecule has 0 spiro atoms. The van der Waals surface area contributed by atoms with Crippen molar-refractivity contribution in [2.45, 2.75) is 65.5 Å². The first-order valence-electron chi connectivity index (χ1n) is 8.76. The monoisotopic (exact) mass is 327 g/mol. The van der Waals surface area contributed by atoms with Crippen LogP contribution in [-0.2, 0) is 9.53 Å². The van der Waals surface area contributed by atoms with Crippen LogP contribution in [0.4, 0.5) is 4.79 Å². The van der Waals surface area contributed by atoms with Crippen molar-refractivity contribution >= 4 is 12.0 Å². The summed E-state index contributed by atoms with van der Waals surface area (Å²) >= 11 is 0. The smallest absolute Gasteiger partial charge is 0.410 e. The van der Waals surface area contributed by atoms with Crippen LogP contribution in [-0.4, -0.2) is 66.2 Å². The van der Waals surface area contributed by atoms with E-state index in [1.54, 1.807) is 0 Å². The molecule has 1 unspecified atom stereocenters. The molecule has 1 N–H and O–H groups in total. The summed E-state index contributed by atoms with van der Waals surface area (Å²) in [5, 5.41) is 3.31. The van der Waals surface area contributed by atoms with Gasteiger partial charge in [0, 0.05) is 45.2 Å². The molecule has 2 amide bonds. The molecular weight excluding hydrogens is 294 g/mol. The Hall–Kier alpha value is -1.30. The van der Waals surface area contributed by atoms with E-state index in [0.29, 0.717) is 19.5 Å². The van der Waals surface area contributed by atoms with Crippen LogP contribution in [0.25, 0.3) is 0 Å². The van der Waals surface area contributed by atoms with E-state index < -0.39 is 5.60 Å². The van der Waals surface area contributed by atoms with E-state index in [2.05, 4.69) is 5.32 Å². The van der Waals surface area contributed by atoms with Crippen LogP contribution >= 0.6 is 0 Å². The average Bonchev–Trinajstić information content (AvgIpc) is 2.91. The molecule has 1 rings (SSSR count). The average molecular weight is 327 g/mol. The van der Waals surface area contributed by atoms with Crippen LogP contribution in [0.3, 0.4) is 0 Å². The van der Waals surface area contributed by atoms with Crippen molar-refractivity contribution in [1.29, 1.82) is 0 Å². The van der Waals surface area contributed by atoms with Gasteiger partial charge in [0.1, 0.15) is 5.60 Å². The third-order valence-electron chi connectivity index (χ3n) is 4.02. The molecular formula is C17H33N3O3. The van der Waals surface area contributed by atoms with Crippen molar-refractivity contribution in [3.8, 4) is 0 Å². The predicted octanol–water partition coefficient (Wildman–Crippen LogP) is 2.23. The third-order valence-corrected chi connectivity index (χ3v) is 4.02. The third kappa shape index (κ3) is 6.77. The van der Waals surface area contributed by atoms with Gasteiger partial charge >= 0.3 is 6.09 Å². The van der Waals surface area contributed by atoms with E-state index in [1.165, 1.54) is 0 Å². The van der Waals surface area contributed by atoms with Crippen LogP contribution < -0.4 is 5.32 Å². The summed E-state index contributed by atoms with van der Waals surface area (Å²) in [4.78, 5) is 27.8. The summed E-state index contributed by atoms with van der Waals surface area (Å²) in [7, 11) is 0. The van der Waals surface area contributed by atoms with Crippen molar-refractivity contribution in [1.82, 2.24) is 15.1 Å². The number of nitrogens with one attached hydrogen (secondary N) is 1. The number of carbonyl (C=O) groups excluding carboxylic acids is 2. The molecule has 1 fully saturated rings. The predicted molar refractivity (Wildman–Crippen MR) is 91.4 cm³/mol. The molecule has 6 heteroatoms. The second-order valence-electron chi connectivity index (χ2n) is 6.99. The summed E-state index contributed by atoms with van der Waals surface area (Å²) < 4.78 is 5.46. The highest BCUT2D eigenvalue weighted by atomic mass is 16.6. The fourth-order valence-corrected chi connectivity index (χ4v) is 2.81. The van der Waals surface area contributed by atoms with Crippen molar-refractivity contribution in [3.05, 3.63) is 0 Å². The highest BCUT2D eigenvalue weighted by Crippen LogP contribution is 2.20. The van der Waals surface area contributed by atoms with Crippen LogP contribution in [0, 0.1) is 0 Å². The van der Waals surface area contributed by atoms with E-state index in [0.717, 1.165) is 32.5 Å². The molecule has 0 aromatic carbocycles. The summed E-state index contributed by atoms with van der Waals surface area (Å²) in [5.41, 5.74) is -0.464. The van der Waals surface area contributed by atoms with Gasteiger partial charge in [-0.15, -0.1) is 0 Å². The number of hydrogen-bond donors (Lipinski definition) is 1. The first kappa shape index (κ1) is 19.7. The topological polar surface area (TPSA) is 61.9 Å². The molecule has 1 aliphatic rings. The lowest BCUT2D eigenvalue weighted by Gasteiger charge is -2.28. The van der Waals surface area contributed by atoms with Gasteiger partial charge in [0.2, 0.25) is 5.91 Å².